The minimum Gasteiger partial charge on any atom is -0.448 e. The maximum Gasteiger partial charge on any atom is 0.419 e. The van der Waals surface area contributed by atoms with Crippen molar-refractivity contribution in [3.05, 3.63) is 18.3 Å². The van der Waals surface area contributed by atoms with Crippen LogP contribution < -0.4 is 10.5 Å². The van der Waals surface area contributed by atoms with Crippen molar-refractivity contribution in [2.24, 2.45) is 0 Å². The zero-order valence-electron chi connectivity index (χ0n) is 14.6. The molecule has 1 N–H and O–H groups in total. The molecule has 3 rings (SSSR count). The first-order chi connectivity index (χ1) is 11.4. The summed E-state index contributed by atoms with van der Waals surface area (Å²) in [6, 6.07) is 3.82. The van der Waals surface area contributed by atoms with Crippen molar-refractivity contribution < 1.29 is 14.6 Å². The van der Waals surface area contributed by atoms with E-state index in [1.165, 1.54) is 23.8 Å². The van der Waals surface area contributed by atoms with Crippen LogP contribution in [-0.2, 0) is 4.74 Å². The minimum atomic E-state index is -0.606. The highest BCUT2D eigenvalue weighted by molar-refractivity contribution is 6.46. The molecule has 3 heterocycles. The van der Waals surface area contributed by atoms with Gasteiger partial charge >= 0.3 is 13.6 Å². The van der Waals surface area contributed by atoms with Gasteiger partial charge in [0, 0.05) is 36.0 Å². The van der Waals surface area contributed by atoms with E-state index >= 15 is 0 Å². The lowest BCUT2D eigenvalue weighted by molar-refractivity contribution is 0.0548. The highest BCUT2D eigenvalue weighted by Gasteiger charge is 2.25. The van der Waals surface area contributed by atoms with Gasteiger partial charge in [-0.15, -0.1) is 0 Å². The molecule has 0 radical (unpaired) electrons. The SMILES string of the molecule is CC(C)(C)OC(=O)n1c(BO)cc2c(N3CCCCC3)ccnc21. The number of carbonyl (C=O) groups excluding carboxylic acids is 1. The van der Waals surface area contributed by atoms with Gasteiger partial charge in [-0.25, -0.2) is 14.3 Å². The van der Waals surface area contributed by atoms with Gasteiger partial charge in [0.05, 0.1) is 0 Å². The van der Waals surface area contributed by atoms with Gasteiger partial charge in [0.2, 0.25) is 0 Å². The average molecular weight is 329 g/mol. The van der Waals surface area contributed by atoms with Crippen molar-refractivity contribution in [1.29, 1.82) is 0 Å². The van der Waals surface area contributed by atoms with E-state index in [1.54, 1.807) is 6.20 Å². The Morgan fingerprint density at radius 3 is 2.62 bits per heavy atom. The summed E-state index contributed by atoms with van der Waals surface area (Å²) >= 11 is 0. The third-order valence-electron chi connectivity index (χ3n) is 4.19. The number of rotatable bonds is 2. The molecule has 0 atom stereocenters. The van der Waals surface area contributed by atoms with Crippen molar-refractivity contribution in [3.8, 4) is 0 Å². The Bertz CT molecular complexity index is 745. The number of anilines is 1. The zero-order chi connectivity index (χ0) is 17.3. The van der Waals surface area contributed by atoms with Crippen LogP contribution in [0.4, 0.5) is 10.5 Å². The number of hydrogen-bond donors (Lipinski definition) is 1. The van der Waals surface area contributed by atoms with Gasteiger partial charge in [0.1, 0.15) is 5.60 Å². The van der Waals surface area contributed by atoms with E-state index < -0.39 is 11.7 Å². The quantitative estimate of drug-likeness (QED) is 0.851. The number of piperidine rings is 1. The summed E-state index contributed by atoms with van der Waals surface area (Å²) in [5, 5.41) is 10.6. The Hall–Kier alpha value is -2.02. The van der Waals surface area contributed by atoms with Crippen molar-refractivity contribution in [1.82, 2.24) is 9.55 Å². The zero-order valence-corrected chi connectivity index (χ0v) is 14.6. The first-order valence-corrected chi connectivity index (χ1v) is 8.49. The molecule has 0 saturated carbocycles. The highest BCUT2D eigenvalue weighted by atomic mass is 16.6. The molecule has 2 aromatic heterocycles. The number of ether oxygens (including phenoxy) is 1. The maximum atomic E-state index is 12.6. The van der Waals surface area contributed by atoms with E-state index in [1.807, 2.05) is 32.9 Å². The Balaban J connectivity index is 2.08. The molecular formula is C17H24BN3O3. The lowest BCUT2D eigenvalue weighted by Gasteiger charge is -2.29. The van der Waals surface area contributed by atoms with Crippen LogP contribution in [0.25, 0.3) is 11.0 Å². The molecular weight excluding hydrogens is 305 g/mol. The van der Waals surface area contributed by atoms with Gasteiger partial charge in [-0.05, 0) is 52.2 Å². The van der Waals surface area contributed by atoms with Gasteiger partial charge in [-0.3, -0.25) is 0 Å². The first kappa shape index (κ1) is 16.8. The molecule has 7 heteroatoms. The van der Waals surface area contributed by atoms with Gasteiger partial charge in [0.25, 0.3) is 0 Å². The predicted molar refractivity (Wildman–Crippen MR) is 96.4 cm³/mol. The summed E-state index contributed by atoms with van der Waals surface area (Å²) < 4.78 is 6.86. The van der Waals surface area contributed by atoms with E-state index in [0.717, 1.165) is 24.2 Å². The van der Waals surface area contributed by atoms with E-state index in [9.17, 15) is 9.82 Å². The molecule has 0 bridgehead atoms. The summed E-state index contributed by atoms with van der Waals surface area (Å²) in [4.78, 5) is 19.3. The number of nitrogens with zero attached hydrogens (tertiary/aromatic N) is 3. The molecule has 0 amide bonds. The summed E-state index contributed by atoms with van der Waals surface area (Å²) in [6.45, 7) is 7.47. The number of fused-ring (bicyclic) bond motifs is 1. The molecule has 1 saturated heterocycles. The van der Waals surface area contributed by atoms with Gasteiger partial charge in [0.15, 0.2) is 5.65 Å². The fourth-order valence-corrected chi connectivity index (χ4v) is 3.17. The van der Waals surface area contributed by atoms with Gasteiger partial charge in [-0.1, -0.05) is 0 Å². The van der Waals surface area contributed by atoms with Crippen molar-refractivity contribution in [2.75, 3.05) is 18.0 Å². The van der Waals surface area contributed by atoms with Crippen LogP contribution in [0.5, 0.6) is 0 Å². The molecule has 0 spiro atoms. The summed E-state index contributed by atoms with van der Waals surface area (Å²) in [5.41, 5.74) is 1.49. The molecule has 6 nitrogen and oxygen atoms in total. The third-order valence-corrected chi connectivity index (χ3v) is 4.19. The lowest BCUT2D eigenvalue weighted by Crippen LogP contribution is -2.34. The van der Waals surface area contributed by atoms with Crippen molar-refractivity contribution in [2.45, 2.75) is 45.6 Å². The smallest absolute Gasteiger partial charge is 0.419 e. The molecule has 0 aliphatic carbocycles. The van der Waals surface area contributed by atoms with Crippen molar-refractivity contribution in [3.63, 3.8) is 0 Å². The Kier molecular flexibility index (Phi) is 4.54. The molecule has 128 valence electrons. The van der Waals surface area contributed by atoms with E-state index in [4.69, 9.17) is 4.74 Å². The van der Waals surface area contributed by atoms with Crippen LogP contribution in [0.3, 0.4) is 0 Å². The number of aromatic nitrogens is 2. The average Bonchev–Trinajstić information content (AvgIpc) is 2.92. The van der Waals surface area contributed by atoms with Crippen LogP contribution in [-0.4, -0.2) is 46.8 Å². The Morgan fingerprint density at radius 2 is 2.00 bits per heavy atom. The number of pyridine rings is 1. The monoisotopic (exact) mass is 329 g/mol. The molecule has 2 aromatic rings. The van der Waals surface area contributed by atoms with Crippen molar-refractivity contribution >= 4 is 35.9 Å². The fourth-order valence-electron chi connectivity index (χ4n) is 3.17. The third kappa shape index (κ3) is 3.26. The second-order valence-corrected chi connectivity index (χ2v) is 7.22. The van der Waals surface area contributed by atoms with E-state index in [2.05, 4.69) is 9.88 Å². The van der Waals surface area contributed by atoms with Gasteiger partial charge in [-0.2, -0.15) is 0 Å². The fraction of sp³-hybridized carbons (Fsp3) is 0.529. The van der Waals surface area contributed by atoms with Gasteiger partial charge < -0.3 is 14.7 Å². The largest absolute Gasteiger partial charge is 0.448 e. The second kappa shape index (κ2) is 6.47. The summed E-state index contributed by atoms with van der Waals surface area (Å²) in [6.07, 6.45) is 4.80. The molecule has 1 aliphatic heterocycles. The first-order valence-electron chi connectivity index (χ1n) is 8.49. The predicted octanol–water partition coefficient (Wildman–Crippen LogP) is 1.78. The summed E-state index contributed by atoms with van der Waals surface area (Å²) in [5.74, 6) is 0. The molecule has 24 heavy (non-hydrogen) atoms. The lowest BCUT2D eigenvalue weighted by atomic mass is 9.96. The van der Waals surface area contributed by atoms with Crippen LogP contribution >= 0.6 is 0 Å². The standard InChI is InChI=1S/C17H24BN3O3/c1-17(2,3)24-16(22)21-14(18-23)11-12-13(7-8-19-15(12)21)20-9-5-4-6-10-20/h7-8,11,18,23H,4-6,9-10H2,1-3H3. The number of hydrogen-bond acceptors (Lipinski definition) is 5. The molecule has 1 fully saturated rings. The second-order valence-electron chi connectivity index (χ2n) is 7.22. The van der Waals surface area contributed by atoms with Crippen LogP contribution in [0.2, 0.25) is 0 Å². The Labute approximate surface area is 142 Å². The van der Waals surface area contributed by atoms with Crippen LogP contribution in [0.15, 0.2) is 18.3 Å². The normalized spacial score (nSPS) is 15.6. The maximum absolute atomic E-state index is 12.6. The molecule has 1 aliphatic rings. The summed E-state index contributed by atoms with van der Waals surface area (Å²) in [7, 11) is -0.241. The van der Waals surface area contributed by atoms with Crippen LogP contribution in [0.1, 0.15) is 40.0 Å². The van der Waals surface area contributed by atoms with E-state index in [0.29, 0.717) is 11.2 Å². The van der Waals surface area contributed by atoms with E-state index in [-0.39, 0.29) is 7.48 Å². The molecule has 0 unspecified atom stereocenters. The number of carbonyl (C=O) groups is 1. The molecule has 0 aromatic carbocycles. The van der Waals surface area contributed by atoms with Crippen LogP contribution in [0, 0.1) is 0 Å². The highest BCUT2D eigenvalue weighted by Crippen LogP contribution is 2.28. The minimum absolute atomic E-state index is 0.241. The Morgan fingerprint density at radius 1 is 1.29 bits per heavy atom. The topological polar surface area (TPSA) is 67.6 Å².